The highest BCUT2D eigenvalue weighted by atomic mass is 19.4. The maximum Gasteiger partial charge on any atom is 0.416 e. The highest BCUT2D eigenvalue weighted by Crippen LogP contribution is 2.36. The summed E-state index contributed by atoms with van der Waals surface area (Å²) in [5, 5.41) is 0. The Morgan fingerprint density at radius 3 is 1.93 bits per heavy atom. The van der Waals surface area contributed by atoms with Crippen LogP contribution in [0, 0.1) is 12.3 Å². The van der Waals surface area contributed by atoms with Crippen LogP contribution in [0.1, 0.15) is 25.0 Å². The van der Waals surface area contributed by atoms with Gasteiger partial charge in [-0.05, 0) is 25.5 Å². The van der Waals surface area contributed by atoms with Gasteiger partial charge in [-0.25, -0.2) is 0 Å². The van der Waals surface area contributed by atoms with Crippen LogP contribution >= 0.6 is 0 Å². The molecule has 0 aliphatic rings. The van der Waals surface area contributed by atoms with Gasteiger partial charge in [0.05, 0.1) is 11.0 Å². The van der Waals surface area contributed by atoms with E-state index in [1.54, 1.807) is 19.9 Å². The summed E-state index contributed by atoms with van der Waals surface area (Å²) in [6.45, 7) is 3.19. The molecule has 0 heterocycles. The number of hydrogen-bond acceptors (Lipinski definition) is 0. The van der Waals surface area contributed by atoms with Gasteiger partial charge in [0, 0.05) is 0 Å². The van der Waals surface area contributed by atoms with Crippen molar-refractivity contribution in [1.82, 2.24) is 0 Å². The second-order valence-corrected chi connectivity index (χ2v) is 3.81. The lowest BCUT2D eigenvalue weighted by Crippen LogP contribution is -2.20. The van der Waals surface area contributed by atoms with Crippen molar-refractivity contribution >= 4 is 0 Å². The van der Waals surface area contributed by atoms with Gasteiger partial charge in [-0.2, -0.15) is 13.2 Å². The SMILES string of the molecule is C#CC(C)(C)c1ccccc1C(F)(F)F. The van der Waals surface area contributed by atoms with Crippen molar-refractivity contribution in [3.8, 4) is 12.3 Å². The van der Waals surface area contributed by atoms with Crippen LogP contribution in [-0.4, -0.2) is 0 Å². The quantitative estimate of drug-likeness (QED) is 0.624. The molecule has 0 nitrogen and oxygen atoms in total. The van der Waals surface area contributed by atoms with Crippen LogP contribution in [-0.2, 0) is 11.6 Å². The van der Waals surface area contributed by atoms with Gasteiger partial charge in [0.2, 0.25) is 0 Å². The number of hydrogen-bond donors (Lipinski definition) is 0. The second-order valence-electron chi connectivity index (χ2n) is 3.81. The molecule has 0 aliphatic carbocycles. The smallest absolute Gasteiger partial charge is 0.166 e. The summed E-state index contributed by atoms with van der Waals surface area (Å²) in [4.78, 5) is 0. The fourth-order valence-corrected chi connectivity index (χ4v) is 1.35. The zero-order valence-corrected chi connectivity index (χ0v) is 8.52. The van der Waals surface area contributed by atoms with Gasteiger partial charge in [0.15, 0.2) is 0 Å². The number of terminal acetylenes is 1. The fraction of sp³-hybridized carbons (Fsp3) is 0.333. The van der Waals surface area contributed by atoms with Crippen molar-refractivity contribution in [2.45, 2.75) is 25.4 Å². The molecule has 0 aliphatic heterocycles. The molecular formula is C12H11F3. The molecule has 0 saturated carbocycles. The maximum atomic E-state index is 12.6. The Balaban J connectivity index is 3.39. The number of rotatable bonds is 1. The monoisotopic (exact) mass is 212 g/mol. The molecule has 1 aromatic carbocycles. The molecule has 0 fully saturated rings. The van der Waals surface area contributed by atoms with E-state index in [2.05, 4.69) is 5.92 Å². The molecule has 0 saturated heterocycles. The molecule has 0 atom stereocenters. The molecule has 0 radical (unpaired) electrons. The summed E-state index contributed by atoms with van der Waals surface area (Å²) in [6.07, 6.45) is 0.877. The highest BCUT2D eigenvalue weighted by Gasteiger charge is 2.36. The average molecular weight is 212 g/mol. The lowest BCUT2D eigenvalue weighted by molar-refractivity contribution is -0.138. The van der Waals surface area contributed by atoms with E-state index in [1.807, 2.05) is 0 Å². The van der Waals surface area contributed by atoms with E-state index < -0.39 is 17.2 Å². The molecule has 0 aromatic heterocycles. The molecule has 3 heteroatoms. The van der Waals surface area contributed by atoms with Crippen LogP contribution in [0.5, 0.6) is 0 Å². The first-order chi connectivity index (χ1) is 6.79. The summed E-state index contributed by atoms with van der Waals surface area (Å²) in [5.74, 6) is 2.37. The van der Waals surface area contributed by atoms with Crippen molar-refractivity contribution in [1.29, 1.82) is 0 Å². The Kier molecular flexibility index (Phi) is 2.81. The third-order valence-corrected chi connectivity index (χ3v) is 2.27. The van der Waals surface area contributed by atoms with Crippen molar-refractivity contribution in [3.05, 3.63) is 35.4 Å². The Morgan fingerprint density at radius 1 is 1.07 bits per heavy atom. The molecule has 1 rings (SSSR count). The van der Waals surface area contributed by atoms with Crippen LogP contribution < -0.4 is 0 Å². The average Bonchev–Trinajstić information content (AvgIpc) is 2.16. The molecule has 1 aromatic rings. The van der Waals surface area contributed by atoms with Crippen LogP contribution in [0.2, 0.25) is 0 Å². The molecule has 80 valence electrons. The van der Waals surface area contributed by atoms with E-state index in [1.165, 1.54) is 12.1 Å². The standard InChI is InChI=1S/C12H11F3/c1-4-11(2,3)9-7-5-6-8-10(9)12(13,14)15/h1,5-8H,2-3H3. The maximum absolute atomic E-state index is 12.6. The van der Waals surface area contributed by atoms with Gasteiger partial charge in [0.1, 0.15) is 0 Å². The Labute approximate surface area is 87.1 Å². The fourth-order valence-electron chi connectivity index (χ4n) is 1.35. The van der Waals surface area contributed by atoms with Gasteiger partial charge in [-0.15, -0.1) is 6.42 Å². The summed E-state index contributed by atoms with van der Waals surface area (Å²) in [5.41, 5.74) is -1.43. The van der Waals surface area contributed by atoms with E-state index in [4.69, 9.17) is 6.42 Å². The zero-order valence-electron chi connectivity index (χ0n) is 8.52. The van der Waals surface area contributed by atoms with Gasteiger partial charge < -0.3 is 0 Å². The van der Waals surface area contributed by atoms with Crippen molar-refractivity contribution in [2.75, 3.05) is 0 Å². The van der Waals surface area contributed by atoms with E-state index in [0.29, 0.717) is 0 Å². The number of alkyl halides is 3. The number of benzene rings is 1. The minimum atomic E-state index is -4.36. The molecule has 0 unspecified atom stereocenters. The first-order valence-corrected chi connectivity index (χ1v) is 4.43. The molecule has 0 spiro atoms. The molecule has 0 bridgehead atoms. The summed E-state index contributed by atoms with van der Waals surface area (Å²) in [6, 6.07) is 5.39. The van der Waals surface area contributed by atoms with E-state index in [0.717, 1.165) is 6.07 Å². The Morgan fingerprint density at radius 2 is 1.53 bits per heavy atom. The van der Waals surface area contributed by atoms with Crippen molar-refractivity contribution < 1.29 is 13.2 Å². The highest BCUT2D eigenvalue weighted by molar-refractivity contribution is 5.40. The van der Waals surface area contributed by atoms with Crippen LogP contribution in [0.15, 0.2) is 24.3 Å². The largest absolute Gasteiger partial charge is 0.416 e. The van der Waals surface area contributed by atoms with Crippen molar-refractivity contribution in [3.63, 3.8) is 0 Å². The first-order valence-electron chi connectivity index (χ1n) is 4.43. The molecule has 0 amide bonds. The van der Waals surface area contributed by atoms with Gasteiger partial charge in [-0.1, -0.05) is 24.1 Å². The normalized spacial score (nSPS) is 12.3. The predicted octanol–water partition coefficient (Wildman–Crippen LogP) is 3.62. The minimum Gasteiger partial charge on any atom is -0.166 e. The minimum absolute atomic E-state index is 0.139. The van der Waals surface area contributed by atoms with Crippen LogP contribution in [0.3, 0.4) is 0 Å². The second kappa shape index (κ2) is 3.62. The number of halogens is 3. The van der Waals surface area contributed by atoms with E-state index in [9.17, 15) is 13.2 Å². The van der Waals surface area contributed by atoms with Crippen LogP contribution in [0.4, 0.5) is 13.2 Å². The molecular weight excluding hydrogens is 201 g/mol. The first kappa shape index (κ1) is 11.6. The van der Waals surface area contributed by atoms with Crippen LogP contribution in [0.25, 0.3) is 0 Å². The molecule has 15 heavy (non-hydrogen) atoms. The van der Waals surface area contributed by atoms with Crippen molar-refractivity contribution in [2.24, 2.45) is 0 Å². The Bertz CT molecular complexity index is 394. The predicted molar refractivity (Wildman–Crippen MR) is 53.3 cm³/mol. The Hall–Kier alpha value is -1.43. The molecule has 0 N–H and O–H groups in total. The third-order valence-electron chi connectivity index (χ3n) is 2.27. The van der Waals surface area contributed by atoms with Gasteiger partial charge >= 0.3 is 6.18 Å². The third kappa shape index (κ3) is 2.33. The summed E-state index contributed by atoms with van der Waals surface area (Å²) < 4.78 is 37.9. The van der Waals surface area contributed by atoms with E-state index in [-0.39, 0.29) is 5.56 Å². The summed E-state index contributed by atoms with van der Waals surface area (Å²) in [7, 11) is 0. The van der Waals surface area contributed by atoms with Gasteiger partial charge in [0.25, 0.3) is 0 Å². The lowest BCUT2D eigenvalue weighted by Gasteiger charge is -2.22. The zero-order chi connectivity index (χ0) is 11.7. The van der Waals surface area contributed by atoms with Gasteiger partial charge in [-0.3, -0.25) is 0 Å². The summed E-state index contributed by atoms with van der Waals surface area (Å²) >= 11 is 0. The topological polar surface area (TPSA) is 0 Å². The van der Waals surface area contributed by atoms with E-state index >= 15 is 0 Å². The lowest BCUT2D eigenvalue weighted by atomic mass is 9.82.